The molecule has 3 rings (SSSR count). The van der Waals surface area contributed by atoms with Crippen molar-refractivity contribution in [2.45, 2.75) is 19.3 Å². The van der Waals surface area contributed by atoms with E-state index in [1.807, 2.05) is 18.2 Å². The first-order valence-electron chi connectivity index (χ1n) is 6.18. The van der Waals surface area contributed by atoms with Crippen molar-refractivity contribution in [2.75, 3.05) is 0 Å². The Bertz CT molecular complexity index is 619. The molecular formula is C14H13N3OS. The van der Waals surface area contributed by atoms with E-state index >= 15 is 0 Å². The lowest BCUT2D eigenvalue weighted by Crippen LogP contribution is -1.89. The SMILES string of the molecule is c1ccc(-c2noc(CCCc3cccs3)n2)nc1. The van der Waals surface area contributed by atoms with E-state index in [2.05, 4.69) is 32.6 Å². The summed E-state index contributed by atoms with van der Waals surface area (Å²) in [7, 11) is 0. The van der Waals surface area contributed by atoms with Gasteiger partial charge >= 0.3 is 0 Å². The summed E-state index contributed by atoms with van der Waals surface area (Å²) in [6, 6.07) is 9.88. The summed E-state index contributed by atoms with van der Waals surface area (Å²) in [5.74, 6) is 1.24. The van der Waals surface area contributed by atoms with Gasteiger partial charge in [0.25, 0.3) is 0 Å². The van der Waals surface area contributed by atoms with Gasteiger partial charge in [-0.25, -0.2) is 0 Å². The second-order valence-corrected chi connectivity index (χ2v) is 5.19. The van der Waals surface area contributed by atoms with Crippen LogP contribution in [-0.2, 0) is 12.8 Å². The summed E-state index contributed by atoms with van der Waals surface area (Å²) in [4.78, 5) is 9.96. The van der Waals surface area contributed by atoms with Crippen molar-refractivity contribution < 1.29 is 4.52 Å². The molecule has 0 aliphatic heterocycles. The third-order valence-corrected chi connectivity index (χ3v) is 3.69. The van der Waals surface area contributed by atoms with E-state index in [-0.39, 0.29) is 0 Å². The number of rotatable bonds is 5. The number of aromatic nitrogens is 3. The highest BCUT2D eigenvalue weighted by Gasteiger charge is 2.08. The Morgan fingerprint density at radius 2 is 2.11 bits per heavy atom. The van der Waals surface area contributed by atoms with E-state index in [4.69, 9.17) is 4.52 Å². The highest BCUT2D eigenvalue weighted by molar-refractivity contribution is 7.09. The summed E-state index contributed by atoms with van der Waals surface area (Å²) >= 11 is 1.78. The third-order valence-electron chi connectivity index (χ3n) is 2.76. The summed E-state index contributed by atoms with van der Waals surface area (Å²) in [6.45, 7) is 0. The van der Waals surface area contributed by atoms with Gasteiger partial charge in [0, 0.05) is 17.5 Å². The fraction of sp³-hybridized carbons (Fsp3) is 0.214. The minimum Gasteiger partial charge on any atom is -0.339 e. The Balaban J connectivity index is 1.59. The highest BCUT2D eigenvalue weighted by Crippen LogP contribution is 2.15. The number of thiophene rings is 1. The summed E-state index contributed by atoms with van der Waals surface area (Å²) in [5.41, 5.74) is 0.746. The molecule has 0 N–H and O–H groups in total. The molecule has 3 aromatic rings. The zero-order valence-electron chi connectivity index (χ0n) is 10.3. The average Bonchev–Trinajstić information content (AvgIpc) is 3.11. The van der Waals surface area contributed by atoms with Crippen LogP contribution in [0.15, 0.2) is 46.4 Å². The van der Waals surface area contributed by atoms with Crippen LogP contribution in [0, 0.1) is 0 Å². The Morgan fingerprint density at radius 1 is 1.11 bits per heavy atom. The topological polar surface area (TPSA) is 51.8 Å². The van der Waals surface area contributed by atoms with Gasteiger partial charge in [-0.1, -0.05) is 17.3 Å². The molecule has 0 aromatic carbocycles. The van der Waals surface area contributed by atoms with E-state index in [0.717, 1.165) is 25.0 Å². The van der Waals surface area contributed by atoms with Crippen LogP contribution in [-0.4, -0.2) is 15.1 Å². The van der Waals surface area contributed by atoms with E-state index in [1.165, 1.54) is 4.88 Å². The molecule has 5 heteroatoms. The maximum atomic E-state index is 5.24. The van der Waals surface area contributed by atoms with Gasteiger partial charge in [0.05, 0.1) is 0 Å². The molecule has 0 amide bonds. The van der Waals surface area contributed by atoms with Crippen LogP contribution >= 0.6 is 11.3 Å². The minimum atomic E-state index is 0.562. The molecule has 3 heterocycles. The first-order valence-corrected chi connectivity index (χ1v) is 7.06. The molecule has 0 aliphatic carbocycles. The average molecular weight is 271 g/mol. The first-order chi connectivity index (χ1) is 9.42. The lowest BCUT2D eigenvalue weighted by atomic mass is 10.2. The Morgan fingerprint density at radius 3 is 2.89 bits per heavy atom. The van der Waals surface area contributed by atoms with Crippen molar-refractivity contribution in [3.63, 3.8) is 0 Å². The van der Waals surface area contributed by atoms with Crippen LogP contribution in [0.1, 0.15) is 17.2 Å². The fourth-order valence-corrected chi connectivity index (χ4v) is 2.58. The van der Waals surface area contributed by atoms with Gasteiger partial charge in [-0.3, -0.25) is 4.98 Å². The monoisotopic (exact) mass is 271 g/mol. The maximum Gasteiger partial charge on any atom is 0.227 e. The second-order valence-electron chi connectivity index (χ2n) is 4.16. The third kappa shape index (κ3) is 3.06. The largest absolute Gasteiger partial charge is 0.339 e. The standard InChI is InChI=1S/C14H13N3OS/c1-2-9-15-12(7-1)14-16-13(18-17-14)8-3-5-11-6-4-10-19-11/h1-2,4,6-7,9-10H,3,5,8H2. The van der Waals surface area contributed by atoms with Gasteiger partial charge in [-0.05, 0) is 36.4 Å². The van der Waals surface area contributed by atoms with Crippen molar-refractivity contribution in [3.05, 3.63) is 52.7 Å². The van der Waals surface area contributed by atoms with Crippen LogP contribution in [0.25, 0.3) is 11.5 Å². The van der Waals surface area contributed by atoms with E-state index in [9.17, 15) is 0 Å². The van der Waals surface area contributed by atoms with Gasteiger partial charge in [0.1, 0.15) is 5.69 Å². The zero-order valence-corrected chi connectivity index (χ0v) is 11.1. The van der Waals surface area contributed by atoms with Gasteiger partial charge in [-0.2, -0.15) is 4.98 Å². The molecule has 0 radical (unpaired) electrons. The summed E-state index contributed by atoms with van der Waals surface area (Å²) in [6.07, 6.45) is 4.60. The van der Waals surface area contributed by atoms with E-state index < -0.39 is 0 Å². The summed E-state index contributed by atoms with van der Waals surface area (Å²) in [5, 5.41) is 6.05. The lowest BCUT2D eigenvalue weighted by Gasteiger charge is -1.93. The number of hydrogen-bond donors (Lipinski definition) is 0. The molecule has 0 atom stereocenters. The quantitative estimate of drug-likeness (QED) is 0.714. The number of pyridine rings is 1. The van der Waals surface area contributed by atoms with Crippen LogP contribution in [0.4, 0.5) is 0 Å². The number of nitrogens with zero attached hydrogens (tertiary/aromatic N) is 3. The molecule has 96 valence electrons. The van der Waals surface area contributed by atoms with Gasteiger partial charge in [-0.15, -0.1) is 11.3 Å². The van der Waals surface area contributed by atoms with Gasteiger partial charge in [0.2, 0.25) is 11.7 Å². The van der Waals surface area contributed by atoms with Gasteiger partial charge in [0.15, 0.2) is 0 Å². The van der Waals surface area contributed by atoms with Crippen molar-refractivity contribution >= 4 is 11.3 Å². The molecule has 0 aliphatic rings. The van der Waals surface area contributed by atoms with Crippen molar-refractivity contribution in [3.8, 4) is 11.5 Å². The number of aryl methyl sites for hydroxylation is 2. The van der Waals surface area contributed by atoms with Crippen LogP contribution in [0.3, 0.4) is 0 Å². The maximum absolute atomic E-state index is 5.24. The molecule has 3 aromatic heterocycles. The predicted molar refractivity (Wildman–Crippen MR) is 73.9 cm³/mol. The van der Waals surface area contributed by atoms with Crippen molar-refractivity contribution in [1.82, 2.24) is 15.1 Å². The first kappa shape index (κ1) is 12.0. The van der Waals surface area contributed by atoms with Crippen LogP contribution in [0.2, 0.25) is 0 Å². The van der Waals surface area contributed by atoms with Crippen LogP contribution < -0.4 is 0 Å². The molecule has 0 saturated carbocycles. The molecular weight excluding hydrogens is 258 g/mol. The van der Waals surface area contributed by atoms with Crippen LogP contribution in [0.5, 0.6) is 0 Å². The zero-order chi connectivity index (χ0) is 12.9. The molecule has 19 heavy (non-hydrogen) atoms. The fourth-order valence-electron chi connectivity index (χ4n) is 1.82. The Kier molecular flexibility index (Phi) is 3.65. The smallest absolute Gasteiger partial charge is 0.227 e. The molecule has 0 spiro atoms. The minimum absolute atomic E-state index is 0.562. The Hall–Kier alpha value is -2.01. The lowest BCUT2D eigenvalue weighted by molar-refractivity contribution is 0.376. The number of hydrogen-bond acceptors (Lipinski definition) is 5. The predicted octanol–water partition coefficient (Wildman–Crippen LogP) is 3.37. The van der Waals surface area contributed by atoms with E-state index in [0.29, 0.717) is 11.7 Å². The van der Waals surface area contributed by atoms with Gasteiger partial charge < -0.3 is 4.52 Å². The molecule has 0 unspecified atom stereocenters. The summed E-state index contributed by atoms with van der Waals surface area (Å²) < 4.78 is 5.24. The Labute approximate surface area is 115 Å². The molecule has 0 fully saturated rings. The second kappa shape index (κ2) is 5.75. The van der Waals surface area contributed by atoms with Crippen molar-refractivity contribution in [2.24, 2.45) is 0 Å². The molecule has 0 saturated heterocycles. The van der Waals surface area contributed by atoms with E-state index in [1.54, 1.807) is 17.5 Å². The molecule has 4 nitrogen and oxygen atoms in total. The molecule has 0 bridgehead atoms. The highest BCUT2D eigenvalue weighted by atomic mass is 32.1. The normalized spacial score (nSPS) is 10.7. The van der Waals surface area contributed by atoms with Crippen molar-refractivity contribution in [1.29, 1.82) is 0 Å².